The number of hydrogen-bond donors (Lipinski definition) is 4. The van der Waals surface area contributed by atoms with Gasteiger partial charge in [0.2, 0.25) is 5.78 Å². The number of ketones is 2. The number of amides is 1. The number of carbonyl (C=O) groups is 3. The highest BCUT2D eigenvalue weighted by atomic mass is 16.2. The molecule has 0 bridgehead atoms. The van der Waals surface area contributed by atoms with Gasteiger partial charge < -0.3 is 10.3 Å². The SMILES string of the molecule is CCCC(NN)C(=O)C(=O)NC(C)Cc1c[nH]c2ccc(C(C)=O)cc12. The van der Waals surface area contributed by atoms with Gasteiger partial charge in [0.1, 0.15) is 0 Å². The van der Waals surface area contributed by atoms with Crippen LogP contribution in [0.3, 0.4) is 0 Å². The maximum Gasteiger partial charge on any atom is 0.289 e. The van der Waals surface area contributed by atoms with E-state index in [0.717, 1.165) is 22.9 Å². The highest BCUT2D eigenvalue weighted by Crippen LogP contribution is 2.21. The monoisotopic (exact) mass is 358 g/mol. The molecule has 0 saturated carbocycles. The molecule has 5 N–H and O–H groups in total. The zero-order valence-corrected chi connectivity index (χ0v) is 15.4. The van der Waals surface area contributed by atoms with E-state index in [4.69, 9.17) is 5.84 Å². The molecule has 140 valence electrons. The van der Waals surface area contributed by atoms with Gasteiger partial charge in [-0.05, 0) is 50.5 Å². The van der Waals surface area contributed by atoms with Crippen molar-refractivity contribution >= 4 is 28.4 Å². The van der Waals surface area contributed by atoms with Crippen molar-refractivity contribution in [3.63, 3.8) is 0 Å². The fourth-order valence-electron chi connectivity index (χ4n) is 2.98. The summed E-state index contributed by atoms with van der Waals surface area (Å²) in [6.45, 7) is 5.29. The summed E-state index contributed by atoms with van der Waals surface area (Å²) < 4.78 is 0. The minimum Gasteiger partial charge on any atom is -0.361 e. The number of rotatable bonds is 9. The van der Waals surface area contributed by atoms with Crippen molar-refractivity contribution in [2.24, 2.45) is 5.84 Å². The normalized spacial score (nSPS) is 13.4. The minimum absolute atomic E-state index is 0.00208. The molecule has 2 atom stereocenters. The first-order chi connectivity index (χ1) is 12.4. The second-order valence-corrected chi connectivity index (χ2v) is 6.58. The average Bonchev–Trinajstić information content (AvgIpc) is 3.00. The summed E-state index contributed by atoms with van der Waals surface area (Å²) in [6.07, 6.45) is 3.65. The molecule has 7 nitrogen and oxygen atoms in total. The predicted molar refractivity (Wildman–Crippen MR) is 101 cm³/mol. The number of nitrogens with two attached hydrogens (primary N) is 1. The second-order valence-electron chi connectivity index (χ2n) is 6.58. The van der Waals surface area contributed by atoms with E-state index in [1.165, 1.54) is 6.92 Å². The molecule has 0 aliphatic rings. The van der Waals surface area contributed by atoms with Crippen molar-refractivity contribution < 1.29 is 14.4 Å². The number of hydrogen-bond acceptors (Lipinski definition) is 5. The van der Waals surface area contributed by atoms with Crippen LogP contribution in [0.2, 0.25) is 0 Å². The molecule has 2 unspecified atom stereocenters. The number of carbonyl (C=O) groups excluding carboxylic acids is 3. The van der Waals surface area contributed by atoms with Gasteiger partial charge in [-0.3, -0.25) is 20.2 Å². The fraction of sp³-hybridized carbons (Fsp3) is 0.421. The third kappa shape index (κ3) is 4.56. The Balaban J connectivity index is 2.07. The molecule has 1 aromatic carbocycles. The molecule has 0 aliphatic carbocycles. The Morgan fingerprint density at radius 2 is 2.00 bits per heavy atom. The number of aromatic nitrogens is 1. The lowest BCUT2D eigenvalue weighted by atomic mass is 10.0. The van der Waals surface area contributed by atoms with Crippen molar-refractivity contribution in [2.75, 3.05) is 0 Å². The van der Waals surface area contributed by atoms with Gasteiger partial charge in [0.05, 0.1) is 6.04 Å². The summed E-state index contributed by atoms with van der Waals surface area (Å²) in [7, 11) is 0. The average molecular weight is 358 g/mol. The van der Waals surface area contributed by atoms with Crippen LogP contribution in [-0.4, -0.2) is 34.5 Å². The van der Waals surface area contributed by atoms with E-state index in [2.05, 4.69) is 15.7 Å². The third-order valence-corrected chi connectivity index (χ3v) is 4.40. The van der Waals surface area contributed by atoms with E-state index in [1.54, 1.807) is 6.07 Å². The molecule has 26 heavy (non-hydrogen) atoms. The van der Waals surface area contributed by atoms with Crippen LogP contribution in [-0.2, 0) is 16.0 Å². The molecule has 0 aliphatic heterocycles. The first-order valence-electron chi connectivity index (χ1n) is 8.79. The number of benzene rings is 1. The lowest BCUT2D eigenvalue weighted by Crippen LogP contribution is -2.49. The fourth-order valence-corrected chi connectivity index (χ4v) is 2.98. The topological polar surface area (TPSA) is 117 Å². The lowest BCUT2D eigenvalue weighted by molar-refractivity contribution is -0.139. The van der Waals surface area contributed by atoms with Gasteiger partial charge in [-0.25, -0.2) is 5.43 Å². The van der Waals surface area contributed by atoms with E-state index in [0.29, 0.717) is 18.4 Å². The minimum atomic E-state index is -0.668. The molecule has 0 spiro atoms. The van der Waals surface area contributed by atoms with Crippen LogP contribution in [0.25, 0.3) is 10.9 Å². The van der Waals surface area contributed by atoms with Crippen molar-refractivity contribution in [1.82, 2.24) is 15.7 Å². The van der Waals surface area contributed by atoms with E-state index < -0.39 is 17.7 Å². The summed E-state index contributed by atoms with van der Waals surface area (Å²) in [6, 6.07) is 4.58. The van der Waals surface area contributed by atoms with Crippen LogP contribution >= 0.6 is 0 Å². The number of fused-ring (bicyclic) bond motifs is 1. The first-order valence-corrected chi connectivity index (χ1v) is 8.79. The van der Waals surface area contributed by atoms with Crippen molar-refractivity contribution in [2.45, 2.75) is 52.1 Å². The molecule has 1 aromatic heterocycles. The lowest BCUT2D eigenvalue weighted by Gasteiger charge is -2.17. The van der Waals surface area contributed by atoms with E-state index in [9.17, 15) is 14.4 Å². The molecule has 2 aromatic rings. The summed E-state index contributed by atoms with van der Waals surface area (Å²) in [5.41, 5.74) is 4.94. The quantitative estimate of drug-likeness (QED) is 0.235. The van der Waals surface area contributed by atoms with Gasteiger partial charge in [-0.2, -0.15) is 0 Å². The number of nitrogens with one attached hydrogen (secondary N) is 3. The van der Waals surface area contributed by atoms with Crippen LogP contribution in [0.15, 0.2) is 24.4 Å². The van der Waals surface area contributed by atoms with Crippen molar-refractivity contribution in [1.29, 1.82) is 0 Å². The van der Waals surface area contributed by atoms with Crippen LogP contribution in [0.5, 0.6) is 0 Å². The molecule has 0 saturated heterocycles. The zero-order chi connectivity index (χ0) is 19.3. The molecule has 1 heterocycles. The molecule has 2 rings (SSSR count). The Morgan fingerprint density at radius 1 is 1.27 bits per heavy atom. The van der Waals surface area contributed by atoms with Crippen LogP contribution in [0, 0.1) is 0 Å². The second kappa shape index (κ2) is 8.73. The predicted octanol–water partition coefficient (Wildman–Crippen LogP) is 1.62. The van der Waals surface area contributed by atoms with E-state index in [-0.39, 0.29) is 11.8 Å². The summed E-state index contributed by atoms with van der Waals surface area (Å²) in [4.78, 5) is 39.0. The summed E-state index contributed by atoms with van der Waals surface area (Å²) in [5, 5.41) is 3.67. The Hall–Kier alpha value is -2.51. The third-order valence-electron chi connectivity index (χ3n) is 4.40. The smallest absolute Gasteiger partial charge is 0.289 e. The summed E-state index contributed by atoms with van der Waals surface area (Å²) in [5.74, 6) is 4.16. The van der Waals surface area contributed by atoms with Crippen LogP contribution in [0.4, 0.5) is 0 Å². The van der Waals surface area contributed by atoms with E-state index in [1.807, 2.05) is 32.2 Å². The van der Waals surface area contributed by atoms with Gasteiger partial charge in [-0.1, -0.05) is 13.3 Å². The summed E-state index contributed by atoms with van der Waals surface area (Å²) >= 11 is 0. The molecular formula is C19H26N4O3. The zero-order valence-electron chi connectivity index (χ0n) is 15.4. The Kier molecular flexibility index (Phi) is 6.65. The maximum atomic E-state index is 12.2. The number of hydrazine groups is 1. The molecule has 0 radical (unpaired) electrons. The molecule has 1 amide bonds. The standard InChI is InChI=1S/C19H26N4O3/c1-4-5-17(23-20)18(25)19(26)22-11(2)8-14-10-21-16-7-6-13(12(3)24)9-15(14)16/h6-7,9-11,17,21,23H,4-5,8,20H2,1-3H3,(H,22,26). The van der Waals surface area contributed by atoms with Gasteiger partial charge in [0, 0.05) is 28.7 Å². The largest absolute Gasteiger partial charge is 0.361 e. The van der Waals surface area contributed by atoms with E-state index >= 15 is 0 Å². The van der Waals surface area contributed by atoms with Crippen molar-refractivity contribution in [3.05, 3.63) is 35.5 Å². The number of Topliss-reactive ketones (excluding diaryl/α,β-unsaturated/α-hetero) is 2. The molecular weight excluding hydrogens is 332 g/mol. The Morgan fingerprint density at radius 3 is 2.62 bits per heavy atom. The first kappa shape index (κ1) is 19.8. The van der Waals surface area contributed by atoms with Crippen LogP contribution < -0.4 is 16.6 Å². The van der Waals surface area contributed by atoms with Crippen molar-refractivity contribution in [3.8, 4) is 0 Å². The molecule has 7 heteroatoms. The maximum absolute atomic E-state index is 12.2. The Labute approximate surface area is 152 Å². The van der Waals surface area contributed by atoms with Gasteiger partial charge in [-0.15, -0.1) is 0 Å². The highest BCUT2D eigenvalue weighted by molar-refractivity contribution is 6.38. The Bertz CT molecular complexity index is 812. The van der Waals surface area contributed by atoms with Crippen LogP contribution in [0.1, 0.15) is 49.5 Å². The number of aromatic amines is 1. The van der Waals surface area contributed by atoms with Gasteiger partial charge in [0.25, 0.3) is 5.91 Å². The van der Waals surface area contributed by atoms with Gasteiger partial charge in [0.15, 0.2) is 5.78 Å². The highest BCUT2D eigenvalue weighted by Gasteiger charge is 2.24. The molecule has 0 fully saturated rings. The van der Waals surface area contributed by atoms with Gasteiger partial charge >= 0.3 is 0 Å². The number of H-pyrrole nitrogens is 1.